The minimum absolute atomic E-state index is 0. The molecule has 1 aromatic carbocycles. The van der Waals surface area contributed by atoms with Crippen LogP contribution in [0.3, 0.4) is 0 Å². The SMILES string of the molecule is COc1ccc(CCN(C)C[CH]CC2(c3cccs3)SCCCS2)cc1OC.Cl. The van der Waals surface area contributed by atoms with Crippen LogP contribution in [0.1, 0.15) is 23.3 Å². The Morgan fingerprint density at radius 2 is 1.86 bits per heavy atom. The van der Waals surface area contributed by atoms with E-state index in [-0.39, 0.29) is 16.5 Å². The molecule has 1 aromatic heterocycles. The second-order valence-corrected chi connectivity index (χ2v) is 11.0. The van der Waals surface area contributed by atoms with Gasteiger partial charge in [-0.05, 0) is 73.4 Å². The highest BCUT2D eigenvalue weighted by molar-refractivity contribution is 8.18. The Morgan fingerprint density at radius 1 is 1.10 bits per heavy atom. The minimum Gasteiger partial charge on any atom is -0.493 e. The molecule has 0 amide bonds. The number of hydrogen-bond donors (Lipinski definition) is 0. The van der Waals surface area contributed by atoms with Crippen molar-refractivity contribution in [1.82, 2.24) is 4.90 Å². The second-order valence-electron chi connectivity index (χ2n) is 6.98. The number of benzene rings is 1. The summed E-state index contributed by atoms with van der Waals surface area (Å²) in [7, 11) is 5.57. The molecule has 0 saturated carbocycles. The van der Waals surface area contributed by atoms with E-state index >= 15 is 0 Å². The molecular formula is C22H31ClNO2S3. The summed E-state index contributed by atoms with van der Waals surface area (Å²) in [5.41, 5.74) is 1.28. The molecule has 0 bridgehead atoms. The van der Waals surface area contributed by atoms with E-state index < -0.39 is 0 Å². The lowest BCUT2D eigenvalue weighted by atomic mass is 10.1. The predicted molar refractivity (Wildman–Crippen MR) is 132 cm³/mol. The molecule has 0 aliphatic carbocycles. The van der Waals surface area contributed by atoms with Crippen LogP contribution in [0, 0.1) is 6.42 Å². The summed E-state index contributed by atoms with van der Waals surface area (Å²) in [6, 6.07) is 10.7. The predicted octanol–water partition coefficient (Wildman–Crippen LogP) is 5.98. The topological polar surface area (TPSA) is 21.7 Å². The fourth-order valence-electron chi connectivity index (χ4n) is 3.35. The third kappa shape index (κ3) is 6.73. The van der Waals surface area contributed by atoms with Gasteiger partial charge in [0.15, 0.2) is 11.5 Å². The first kappa shape index (κ1) is 24.7. The average molecular weight is 473 g/mol. The first-order valence-corrected chi connectivity index (χ1v) is 12.5. The number of likely N-dealkylation sites (N-methyl/N-ethyl adjacent to an activating group) is 1. The largest absolute Gasteiger partial charge is 0.493 e. The number of ether oxygens (including phenoxy) is 2. The third-order valence-corrected chi connectivity index (χ3v) is 9.63. The van der Waals surface area contributed by atoms with Gasteiger partial charge in [0, 0.05) is 18.0 Å². The van der Waals surface area contributed by atoms with E-state index in [9.17, 15) is 0 Å². The zero-order valence-corrected chi connectivity index (χ0v) is 20.7. The van der Waals surface area contributed by atoms with E-state index in [2.05, 4.69) is 71.5 Å². The number of methoxy groups -OCH3 is 2. The van der Waals surface area contributed by atoms with Gasteiger partial charge in [-0.3, -0.25) is 0 Å². The Bertz CT molecular complexity index is 721. The van der Waals surface area contributed by atoms with Crippen LogP contribution in [-0.4, -0.2) is 50.8 Å². The zero-order chi connectivity index (χ0) is 19.8. The minimum atomic E-state index is 0. The monoisotopic (exact) mass is 472 g/mol. The molecule has 161 valence electrons. The van der Waals surface area contributed by atoms with Crippen molar-refractivity contribution in [3.63, 3.8) is 0 Å². The van der Waals surface area contributed by atoms with Gasteiger partial charge in [0.1, 0.15) is 0 Å². The van der Waals surface area contributed by atoms with Gasteiger partial charge in [0.25, 0.3) is 0 Å². The lowest BCUT2D eigenvalue weighted by Crippen LogP contribution is -2.27. The van der Waals surface area contributed by atoms with Crippen LogP contribution in [0.4, 0.5) is 0 Å². The van der Waals surface area contributed by atoms with Crippen molar-refractivity contribution in [2.75, 3.05) is 45.9 Å². The number of nitrogens with zero attached hydrogens (tertiary/aromatic N) is 1. The number of halogens is 1. The van der Waals surface area contributed by atoms with E-state index in [1.807, 2.05) is 17.4 Å². The van der Waals surface area contributed by atoms with Crippen molar-refractivity contribution in [2.45, 2.75) is 23.3 Å². The van der Waals surface area contributed by atoms with Crippen LogP contribution in [0.15, 0.2) is 35.7 Å². The Kier molecular flexibility index (Phi) is 10.5. The molecule has 3 nitrogen and oxygen atoms in total. The Morgan fingerprint density at radius 3 is 2.52 bits per heavy atom. The van der Waals surface area contributed by atoms with Gasteiger partial charge in [-0.2, -0.15) is 0 Å². The smallest absolute Gasteiger partial charge is 0.160 e. The standard InChI is InChI=1S/C22H30NO2S3.ClH/c1-23(13-10-18-8-9-19(24-2)20(17-18)25-3)12-5-11-22(21-7-4-14-26-21)27-15-6-16-28-22;/h4-5,7-9,14,17H,6,10-13,15-16H2,1-3H3;1H. The molecule has 0 atom stereocenters. The Hall–Kier alpha value is -0.530. The van der Waals surface area contributed by atoms with E-state index in [4.69, 9.17) is 9.47 Å². The molecular weight excluding hydrogens is 442 g/mol. The molecule has 0 unspecified atom stereocenters. The Labute approximate surface area is 194 Å². The summed E-state index contributed by atoms with van der Waals surface area (Å²) in [4.78, 5) is 3.92. The first-order valence-electron chi connectivity index (χ1n) is 9.70. The molecule has 3 rings (SSSR count). The van der Waals surface area contributed by atoms with Crippen molar-refractivity contribution in [3.05, 3.63) is 52.6 Å². The van der Waals surface area contributed by atoms with E-state index in [0.717, 1.165) is 37.4 Å². The van der Waals surface area contributed by atoms with Gasteiger partial charge in [0.2, 0.25) is 0 Å². The van der Waals surface area contributed by atoms with Crippen LogP contribution >= 0.6 is 47.3 Å². The fraction of sp³-hybridized carbons (Fsp3) is 0.500. The van der Waals surface area contributed by atoms with Crippen molar-refractivity contribution in [1.29, 1.82) is 0 Å². The van der Waals surface area contributed by atoms with Crippen molar-refractivity contribution in [2.24, 2.45) is 0 Å². The molecule has 1 aliphatic rings. The molecule has 1 fully saturated rings. The first-order chi connectivity index (χ1) is 13.7. The van der Waals surface area contributed by atoms with Gasteiger partial charge >= 0.3 is 0 Å². The molecule has 1 saturated heterocycles. The van der Waals surface area contributed by atoms with Gasteiger partial charge < -0.3 is 14.4 Å². The summed E-state index contributed by atoms with van der Waals surface area (Å²) in [5.74, 6) is 4.13. The molecule has 1 aliphatic heterocycles. The molecule has 7 heteroatoms. The maximum absolute atomic E-state index is 5.41. The van der Waals surface area contributed by atoms with Gasteiger partial charge in [-0.15, -0.1) is 47.3 Å². The summed E-state index contributed by atoms with van der Waals surface area (Å²) in [6.45, 7) is 2.04. The lowest BCUT2D eigenvalue weighted by molar-refractivity contribution is 0.351. The van der Waals surface area contributed by atoms with Crippen LogP contribution in [-0.2, 0) is 10.5 Å². The summed E-state index contributed by atoms with van der Waals surface area (Å²) in [5, 5.41) is 2.21. The highest BCUT2D eigenvalue weighted by Gasteiger charge is 2.36. The van der Waals surface area contributed by atoms with Crippen LogP contribution in [0.5, 0.6) is 11.5 Å². The normalized spacial score (nSPS) is 15.7. The van der Waals surface area contributed by atoms with Crippen LogP contribution in [0.2, 0.25) is 0 Å². The summed E-state index contributed by atoms with van der Waals surface area (Å²) in [6.07, 6.45) is 5.93. The van der Waals surface area contributed by atoms with Gasteiger partial charge in [-0.1, -0.05) is 12.1 Å². The van der Waals surface area contributed by atoms with E-state index in [0.29, 0.717) is 0 Å². The van der Waals surface area contributed by atoms with Crippen molar-refractivity contribution in [3.8, 4) is 11.5 Å². The summed E-state index contributed by atoms with van der Waals surface area (Å²) >= 11 is 6.18. The number of thioether (sulfide) groups is 2. The third-order valence-electron chi connectivity index (χ3n) is 4.94. The molecule has 0 N–H and O–H groups in total. The molecule has 0 spiro atoms. The quantitative estimate of drug-likeness (QED) is 0.423. The molecule has 2 heterocycles. The van der Waals surface area contributed by atoms with E-state index in [1.165, 1.54) is 28.4 Å². The molecule has 29 heavy (non-hydrogen) atoms. The highest BCUT2D eigenvalue weighted by atomic mass is 35.5. The van der Waals surface area contributed by atoms with Crippen molar-refractivity contribution < 1.29 is 9.47 Å². The fourth-order valence-corrected chi connectivity index (χ4v) is 7.86. The average Bonchev–Trinajstić information content (AvgIpc) is 3.28. The van der Waals surface area contributed by atoms with E-state index in [1.54, 1.807) is 14.2 Å². The van der Waals surface area contributed by atoms with Crippen molar-refractivity contribution >= 4 is 47.3 Å². The highest BCUT2D eigenvalue weighted by Crippen LogP contribution is 2.54. The van der Waals surface area contributed by atoms with Crippen LogP contribution in [0.25, 0.3) is 0 Å². The van der Waals surface area contributed by atoms with Crippen LogP contribution < -0.4 is 9.47 Å². The lowest BCUT2D eigenvalue weighted by Gasteiger charge is -2.35. The zero-order valence-electron chi connectivity index (χ0n) is 17.4. The van der Waals surface area contributed by atoms with Gasteiger partial charge in [-0.25, -0.2) is 0 Å². The number of thiophene rings is 1. The maximum Gasteiger partial charge on any atom is 0.160 e. The number of rotatable bonds is 10. The molecule has 2 aromatic rings. The second kappa shape index (κ2) is 12.4. The Balaban J connectivity index is 0.00000300. The summed E-state index contributed by atoms with van der Waals surface area (Å²) < 4.78 is 11.0. The maximum atomic E-state index is 5.41. The molecule has 1 radical (unpaired) electrons. The number of hydrogen-bond acceptors (Lipinski definition) is 6. The van der Waals surface area contributed by atoms with Gasteiger partial charge in [0.05, 0.1) is 18.3 Å².